The fraction of sp³-hybridized carbons (Fsp3) is 1.00. The van der Waals surface area contributed by atoms with Crippen LogP contribution >= 0.6 is 16.1 Å². The van der Waals surface area contributed by atoms with Crippen LogP contribution in [0.5, 0.6) is 0 Å². The van der Waals surface area contributed by atoms with Crippen molar-refractivity contribution < 1.29 is 35.4 Å². The number of rotatable bonds is 12. The van der Waals surface area contributed by atoms with Crippen LogP contribution in [-0.2, 0) is 25.6 Å². The molecule has 0 bridgehead atoms. The molecule has 0 fully saturated rings. The van der Waals surface area contributed by atoms with Gasteiger partial charge < -0.3 is 9.79 Å². The van der Waals surface area contributed by atoms with E-state index >= 15 is 0 Å². The summed E-state index contributed by atoms with van der Waals surface area (Å²) in [5.74, 6) is 0.798. The van der Waals surface area contributed by atoms with Gasteiger partial charge in [0.05, 0.1) is 0 Å². The molecule has 0 spiro atoms. The first kappa shape index (κ1) is 28.4. The van der Waals surface area contributed by atoms with Crippen molar-refractivity contribution in [1.29, 1.82) is 0 Å². The van der Waals surface area contributed by atoms with Gasteiger partial charge in [0, 0.05) is 11.8 Å². The van der Waals surface area contributed by atoms with Crippen LogP contribution in [0.1, 0.15) is 79.1 Å². The Hall–Kier alpha value is 0.614. The number of unbranched alkanes of at least 4 members (excludes halogenated alkanes) is 2. The van der Waals surface area contributed by atoms with E-state index < -0.39 is 16.1 Å². The molecule has 0 aromatic carbocycles. The zero-order valence-electron chi connectivity index (χ0n) is 15.1. The second kappa shape index (κ2) is 20.7. The Balaban J connectivity index is -0.000000333. The molecule has 0 aliphatic rings. The molecule has 0 radical (unpaired) electrons. The van der Waals surface area contributed by atoms with E-state index in [1.165, 1.54) is 0 Å². The summed E-state index contributed by atoms with van der Waals surface area (Å²) in [7, 11) is -4.32. The smallest absolute Gasteiger partial charge is 0.596 e. The molecular formula is C16H34NiO4P2+2. The summed E-state index contributed by atoms with van der Waals surface area (Å²) >= 11 is 0. The quantitative estimate of drug-likeness (QED) is 0.347. The van der Waals surface area contributed by atoms with Crippen LogP contribution in [0.2, 0.25) is 0 Å². The average Bonchev–Trinajstić information content (AvgIpc) is 2.47. The van der Waals surface area contributed by atoms with Crippen LogP contribution in [-0.4, -0.2) is 12.3 Å². The van der Waals surface area contributed by atoms with Crippen LogP contribution in [0.15, 0.2) is 0 Å². The van der Waals surface area contributed by atoms with Gasteiger partial charge in [-0.15, -0.1) is 0 Å². The van der Waals surface area contributed by atoms with Crippen molar-refractivity contribution in [2.24, 2.45) is 11.8 Å². The fourth-order valence-electron chi connectivity index (χ4n) is 2.26. The van der Waals surface area contributed by atoms with Crippen LogP contribution in [0, 0.1) is 11.8 Å². The van der Waals surface area contributed by atoms with Crippen molar-refractivity contribution in [3.63, 3.8) is 0 Å². The van der Waals surface area contributed by atoms with Gasteiger partial charge in [0.15, 0.2) is 0 Å². The largest absolute Gasteiger partial charge is 2.00 e. The zero-order chi connectivity index (χ0) is 17.4. The van der Waals surface area contributed by atoms with Gasteiger partial charge in [-0.25, -0.2) is 0 Å². The van der Waals surface area contributed by atoms with Crippen molar-refractivity contribution in [2.75, 3.05) is 12.3 Å². The van der Waals surface area contributed by atoms with E-state index in [-0.39, 0.29) is 16.5 Å². The topological polar surface area (TPSA) is 80.3 Å². The van der Waals surface area contributed by atoms with Gasteiger partial charge in [0.2, 0.25) is 0 Å². The Kier molecular flexibility index (Phi) is 25.5. The first-order chi connectivity index (χ1) is 10.4. The van der Waals surface area contributed by atoms with Crippen molar-refractivity contribution in [3.8, 4) is 0 Å². The predicted molar refractivity (Wildman–Crippen MR) is 91.6 cm³/mol. The molecule has 0 aliphatic heterocycles. The summed E-state index contributed by atoms with van der Waals surface area (Å²) in [5.41, 5.74) is 0. The van der Waals surface area contributed by atoms with E-state index in [0.29, 0.717) is 24.2 Å². The van der Waals surface area contributed by atoms with Crippen LogP contribution in [0.25, 0.3) is 0 Å². The van der Waals surface area contributed by atoms with E-state index in [2.05, 4.69) is 27.7 Å². The van der Waals surface area contributed by atoms with Gasteiger partial charge in [-0.3, -0.25) is 0 Å². The normalized spacial score (nSPS) is 14.0. The average molecular weight is 411 g/mol. The van der Waals surface area contributed by atoms with Crippen molar-refractivity contribution in [1.82, 2.24) is 0 Å². The SMILES string of the molecule is CCCCC(CC)C[P+](=O)[O-].CCCCC(CC)C[P+](=O)[O-].[Ni+2]. The Morgan fingerprint density at radius 1 is 0.739 bits per heavy atom. The summed E-state index contributed by atoms with van der Waals surface area (Å²) in [5, 5.41) is 0. The standard InChI is InChI=1S/2C8H17O2P.Ni/c2*1-3-5-6-8(4-2)7-11(9)10;/h2*8H,3-7H2,1-2H3;/q;;+2. The van der Waals surface area contributed by atoms with Crippen molar-refractivity contribution in [2.45, 2.75) is 79.1 Å². The molecule has 4 nitrogen and oxygen atoms in total. The van der Waals surface area contributed by atoms with Gasteiger partial charge in [0.1, 0.15) is 12.3 Å². The predicted octanol–water partition coefficient (Wildman–Crippen LogP) is 4.61. The maximum atomic E-state index is 10.4. The van der Waals surface area contributed by atoms with Crippen LogP contribution < -0.4 is 9.79 Å². The molecule has 0 heterocycles. The zero-order valence-corrected chi connectivity index (χ0v) is 17.8. The molecule has 0 saturated carbocycles. The van der Waals surface area contributed by atoms with Crippen LogP contribution in [0.3, 0.4) is 0 Å². The number of hydrogen-bond acceptors (Lipinski definition) is 4. The Labute approximate surface area is 154 Å². The summed E-state index contributed by atoms with van der Waals surface area (Å²) in [6.45, 7) is 8.37. The molecule has 0 aromatic rings. The molecule has 0 aliphatic carbocycles. The molecular weight excluding hydrogens is 377 g/mol. The first-order valence-electron chi connectivity index (χ1n) is 8.64. The van der Waals surface area contributed by atoms with Gasteiger partial charge in [0.25, 0.3) is 0 Å². The van der Waals surface area contributed by atoms with Crippen LogP contribution in [0.4, 0.5) is 0 Å². The second-order valence-corrected chi connectivity index (χ2v) is 7.92. The molecule has 4 atom stereocenters. The van der Waals surface area contributed by atoms with E-state index in [1.54, 1.807) is 0 Å². The summed E-state index contributed by atoms with van der Waals surface area (Å²) < 4.78 is 20.7. The van der Waals surface area contributed by atoms with Gasteiger partial charge in [-0.1, -0.05) is 62.5 Å². The van der Waals surface area contributed by atoms with E-state index in [0.717, 1.165) is 51.4 Å². The van der Waals surface area contributed by atoms with E-state index in [1.807, 2.05) is 0 Å². The van der Waals surface area contributed by atoms with E-state index in [9.17, 15) is 18.9 Å². The summed E-state index contributed by atoms with van der Waals surface area (Å²) in [4.78, 5) is 20.7. The summed E-state index contributed by atoms with van der Waals surface area (Å²) in [6.07, 6.45) is 9.50. The van der Waals surface area contributed by atoms with Gasteiger partial charge in [-0.2, -0.15) is 0 Å². The molecule has 7 heteroatoms. The second-order valence-electron chi connectivity index (χ2n) is 5.86. The first-order valence-corrected chi connectivity index (χ1v) is 11.4. The molecule has 4 unspecified atom stereocenters. The molecule has 0 rings (SSSR count). The van der Waals surface area contributed by atoms with Crippen molar-refractivity contribution in [3.05, 3.63) is 0 Å². The van der Waals surface area contributed by atoms with E-state index in [4.69, 9.17) is 0 Å². The Morgan fingerprint density at radius 2 is 1.04 bits per heavy atom. The Bertz CT molecular complexity index is 263. The van der Waals surface area contributed by atoms with Gasteiger partial charge >= 0.3 is 32.5 Å². The molecule has 0 saturated heterocycles. The van der Waals surface area contributed by atoms with Crippen molar-refractivity contribution >= 4 is 16.1 Å². The third-order valence-corrected chi connectivity index (χ3v) is 5.53. The molecule has 0 N–H and O–H groups in total. The third-order valence-electron chi connectivity index (χ3n) is 3.90. The summed E-state index contributed by atoms with van der Waals surface area (Å²) in [6, 6.07) is 0. The maximum Gasteiger partial charge on any atom is 2.00 e. The minimum absolute atomic E-state index is 0. The van der Waals surface area contributed by atoms with Gasteiger partial charge in [-0.05, 0) is 25.7 Å². The third kappa shape index (κ3) is 22.6. The molecule has 0 amide bonds. The fourth-order valence-corrected chi connectivity index (χ4v) is 3.98. The molecule has 0 aromatic heterocycles. The Morgan fingerprint density at radius 3 is 1.22 bits per heavy atom. The molecule has 140 valence electrons. The number of hydrogen-bond donors (Lipinski definition) is 0. The maximum absolute atomic E-state index is 10.4. The molecule has 23 heavy (non-hydrogen) atoms. The minimum atomic E-state index is -2.16. The monoisotopic (exact) mass is 410 g/mol. The minimum Gasteiger partial charge on any atom is -0.596 e.